The van der Waals surface area contributed by atoms with Crippen LogP contribution >= 0.6 is 0 Å². The smallest absolute Gasteiger partial charge is 0.250 e. The van der Waals surface area contributed by atoms with Crippen LogP contribution in [0.2, 0.25) is 0 Å². The molecule has 8 nitrogen and oxygen atoms in total. The van der Waals surface area contributed by atoms with Crippen molar-refractivity contribution < 1.29 is 14.1 Å². The summed E-state index contributed by atoms with van der Waals surface area (Å²) in [6.45, 7) is 2.39. The zero-order valence-corrected chi connectivity index (χ0v) is 18.5. The van der Waals surface area contributed by atoms with Gasteiger partial charge < -0.3 is 18.7 Å². The normalized spacial score (nSPS) is 13.9. The molecule has 168 valence electrons. The van der Waals surface area contributed by atoms with Crippen molar-refractivity contribution in [2.45, 2.75) is 25.8 Å². The first-order valence-corrected chi connectivity index (χ1v) is 11.1. The van der Waals surface area contributed by atoms with Crippen molar-refractivity contribution in [1.29, 1.82) is 0 Å². The molecule has 2 aromatic carbocycles. The molecule has 0 saturated carbocycles. The number of aromatic nitrogens is 4. The molecule has 0 unspecified atom stereocenters. The fourth-order valence-corrected chi connectivity index (χ4v) is 4.02. The number of amides is 1. The molecule has 3 heterocycles. The highest BCUT2D eigenvalue weighted by atomic mass is 16.5. The van der Waals surface area contributed by atoms with Crippen molar-refractivity contribution in [1.82, 2.24) is 24.6 Å². The van der Waals surface area contributed by atoms with E-state index in [1.807, 2.05) is 58.0 Å². The molecule has 0 radical (unpaired) electrons. The van der Waals surface area contributed by atoms with Gasteiger partial charge in [-0.3, -0.25) is 4.79 Å². The Morgan fingerprint density at radius 2 is 1.94 bits per heavy atom. The Hall–Kier alpha value is -3.94. The number of likely N-dealkylation sites (tertiary alicyclic amines) is 1. The van der Waals surface area contributed by atoms with Crippen LogP contribution in [0, 0.1) is 0 Å². The Kier molecular flexibility index (Phi) is 5.89. The maximum Gasteiger partial charge on any atom is 0.250 e. The monoisotopic (exact) mass is 443 g/mol. The van der Waals surface area contributed by atoms with Crippen molar-refractivity contribution in [2.24, 2.45) is 0 Å². The van der Waals surface area contributed by atoms with E-state index in [0.717, 1.165) is 53.8 Å². The van der Waals surface area contributed by atoms with Crippen LogP contribution in [0.5, 0.6) is 5.75 Å². The zero-order chi connectivity index (χ0) is 22.6. The van der Waals surface area contributed by atoms with Crippen LogP contribution in [0.15, 0.2) is 53.3 Å². The van der Waals surface area contributed by atoms with Crippen LogP contribution in [-0.4, -0.2) is 50.7 Å². The van der Waals surface area contributed by atoms with E-state index in [-0.39, 0.29) is 5.91 Å². The first kappa shape index (κ1) is 20.9. The predicted octanol–water partition coefficient (Wildman–Crippen LogP) is 4.28. The van der Waals surface area contributed by atoms with Gasteiger partial charge in [-0.05, 0) is 54.8 Å². The van der Waals surface area contributed by atoms with Gasteiger partial charge in [0, 0.05) is 37.7 Å². The highest BCUT2D eigenvalue weighted by Gasteiger charge is 2.18. The number of benzene rings is 2. The standard InChI is InChI=1S/C25H25N5O3/c1-32-20-8-4-18(5-9-20)6-11-23-27-25(28-33-23)19-7-10-22-21(16-19)26-17-30(22)15-12-24(31)29-13-2-3-14-29/h4-11,16-17H,2-3,12-15H2,1H3/b11-6+. The Morgan fingerprint density at radius 3 is 2.73 bits per heavy atom. The maximum atomic E-state index is 12.3. The molecule has 2 aromatic heterocycles. The molecule has 1 saturated heterocycles. The highest BCUT2D eigenvalue weighted by Crippen LogP contribution is 2.23. The quantitative estimate of drug-likeness (QED) is 0.424. The van der Waals surface area contributed by atoms with E-state index >= 15 is 0 Å². The predicted molar refractivity (Wildman–Crippen MR) is 125 cm³/mol. The first-order chi connectivity index (χ1) is 16.2. The highest BCUT2D eigenvalue weighted by molar-refractivity contribution is 5.81. The number of carbonyl (C=O) groups is 1. The molecular weight excluding hydrogens is 418 g/mol. The van der Waals surface area contributed by atoms with Gasteiger partial charge in [-0.1, -0.05) is 17.3 Å². The van der Waals surface area contributed by atoms with Gasteiger partial charge in [0.1, 0.15) is 5.75 Å². The number of hydrogen-bond donors (Lipinski definition) is 0. The fraction of sp³-hybridized carbons (Fsp3) is 0.280. The second-order valence-corrected chi connectivity index (χ2v) is 8.04. The Bertz CT molecular complexity index is 1280. The SMILES string of the molecule is COc1ccc(/C=C/c2nc(-c3ccc4c(c3)ncn4CCC(=O)N3CCCC3)no2)cc1. The summed E-state index contributed by atoms with van der Waals surface area (Å²) in [5.74, 6) is 1.95. The second kappa shape index (κ2) is 9.28. The molecule has 1 fully saturated rings. The summed E-state index contributed by atoms with van der Waals surface area (Å²) in [4.78, 5) is 23.3. The van der Waals surface area contributed by atoms with E-state index in [9.17, 15) is 4.79 Å². The van der Waals surface area contributed by atoms with Crippen LogP contribution in [-0.2, 0) is 11.3 Å². The van der Waals surface area contributed by atoms with Gasteiger partial charge in [0.15, 0.2) is 0 Å². The van der Waals surface area contributed by atoms with Crippen LogP contribution in [0.3, 0.4) is 0 Å². The molecule has 1 amide bonds. The van der Waals surface area contributed by atoms with Crippen molar-refractivity contribution in [3.05, 3.63) is 60.2 Å². The van der Waals surface area contributed by atoms with Gasteiger partial charge in [0.25, 0.3) is 5.89 Å². The third kappa shape index (κ3) is 4.64. The lowest BCUT2D eigenvalue weighted by Gasteiger charge is -2.15. The van der Waals surface area contributed by atoms with Gasteiger partial charge in [-0.2, -0.15) is 4.98 Å². The summed E-state index contributed by atoms with van der Waals surface area (Å²) in [5, 5.41) is 4.10. The molecule has 33 heavy (non-hydrogen) atoms. The minimum Gasteiger partial charge on any atom is -0.497 e. The average Bonchev–Trinajstić information content (AvgIpc) is 3.62. The van der Waals surface area contributed by atoms with Gasteiger partial charge in [-0.25, -0.2) is 4.98 Å². The number of rotatable bonds is 7. The summed E-state index contributed by atoms with van der Waals surface area (Å²) < 4.78 is 12.6. The largest absolute Gasteiger partial charge is 0.497 e. The molecule has 0 N–H and O–H groups in total. The van der Waals surface area contributed by atoms with E-state index in [0.29, 0.717) is 24.7 Å². The van der Waals surface area contributed by atoms with Crippen LogP contribution in [0.1, 0.15) is 30.7 Å². The van der Waals surface area contributed by atoms with Gasteiger partial charge >= 0.3 is 0 Å². The van der Waals surface area contributed by atoms with Crippen molar-refractivity contribution >= 4 is 29.1 Å². The number of methoxy groups -OCH3 is 1. The fourth-order valence-electron chi connectivity index (χ4n) is 4.02. The van der Waals surface area contributed by atoms with E-state index in [4.69, 9.17) is 9.26 Å². The zero-order valence-electron chi connectivity index (χ0n) is 18.5. The minimum absolute atomic E-state index is 0.216. The number of aryl methyl sites for hydroxylation is 1. The lowest BCUT2D eigenvalue weighted by atomic mass is 10.2. The summed E-state index contributed by atoms with van der Waals surface area (Å²) in [6, 6.07) is 13.6. The average molecular weight is 444 g/mol. The van der Waals surface area contributed by atoms with Crippen LogP contribution < -0.4 is 4.74 Å². The summed E-state index contributed by atoms with van der Waals surface area (Å²) in [5.41, 5.74) is 3.65. The number of fused-ring (bicyclic) bond motifs is 1. The lowest BCUT2D eigenvalue weighted by molar-refractivity contribution is -0.130. The van der Waals surface area contributed by atoms with Gasteiger partial charge in [-0.15, -0.1) is 0 Å². The molecule has 5 rings (SSSR count). The second-order valence-electron chi connectivity index (χ2n) is 8.04. The van der Waals surface area contributed by atoms with Gasteiger partial charge in [0.2, 0.25) is 11.7 Å². The lowest BCUT2D eigenvalue weighted by Crippen LogP contribution is -2.28. The molecule has 0 spiro atoms. The first-order valence-electron chi connectivity index (χ1n) is 11.1. The molecule has 0 bridgehead atoms. The van der Waals surface area contributed by atoms with Crippen molar-refractivity contribution in [3.63, 3.8) is 0 Å². The Balaban J connectivity index is 1.27. The third-order valence-corrected chi connectivity index (χ3v) is 5.88. The number of ether oxygens (including phenoxy) is 1. The van der Waals surface area contributed by atoms with Crippen LogP contribution in [0.25, 0.3) is 34.6 Å². The number of imidazole rings is 1. The van der Waals surface area contributed by atoms with E-state index in [1.54, 1.807) is 19.5 Å². The summed E-state index contributed by atoms with van der Waals surface area (Å²) in [7, 11) is 1.64. The summed E-state index contributed by atoms with van der Waals surface area (Å²) >= 11 is 0. The van der Waals surface area contributed by atoms with E-state index in [2.05, 4.69) is 15.1 Å². The summed E-state index contributed by atoms with van der Waals surface area (Å²) in [6.07, 6.45) is 8.18. The third-order valence-electron chi connectivity index (χ3n) is 5.88. The molecule has 1 aliphatic heterocycles. The van der Waals surface area contributed by atoms with Crippen LogP contribution in [0.4, 0.5) is 0 Å². The number of nitrogens with zero attached hydrogens (tertiary/aromatic N) is 5. The minimum atomic E-state index is 0.216. The number of hydrogen-bond acceptors (Lipinski definition) is 6. The van der Waals surface area contributed by atoms with Crippen molar-refractivity contribution in [3.8, 4) is 17.1 Å². The Morgan fingerprint density at radius 1 is 1.12 bits per heavy atom. The van der Waals surface area contributed by atoms with Gasteiger partial charge in [0.05, 0.1) is 24.5 Å². The van der Waals surface area contributed by atoms with E-state index in [1.165, 1.54) is 0 Å². The topological polar surface area (TPSA) is 86.3 Å². The van der Waals surface area contributed by atoms with E-state index < -0.39 is 0 Å². The number of carbonyl (C=O) groups excluding carboxylic acids is 1. The molecule has 1 aliphatic rings. The molecule has 4 aromatic rings. The molecule has 0 atom stereocenters. The Labute approximate surface area is 191 Å². The molecule has 8 heteroatoms. The molecular formula is C25H25N5O3. The maximum absolute atomic E-state index is 12.3. The molecule has 0 aliphatic carbocycles. The van der Waals surface area contributed by atoms with Crippen molar-refractivity contribution in [2.75, 3.05) is 20.2 Å².